The molecule has 8 nitrogen and oxygen atoms in total. The number of carbonyl (C=O) groups is 2. The summed E-state index contributed by atoms with van der Waals surface area (Å²) >= 11 is 0.984. The first-order chi connectivity index (χ1) is 16.0. The van der Waals surface area contributed by atoms with Gasteiger partial charge in [0.2, 0.25) is 5.16 Å². The number of nitrogens with zero attached hydrogens (tertiary/aromatic N) is 4. The lowest BCUT2D eigenvalue weighted by atomic mass is 9.97. The summed E-state index contributed by atoms with van der Waals surface area (Å²) < 4.78 is 1.19. The maximum Gasteiger partial charge on any atom is 0.328 e. The molecule has 2 unspecified atom stereocenters. The normalized spacial score (nSPS) is 12.9. The van der Waals surface area contributed by atoms with Crippen molar-refractivity contribution < 1.29 is 19.8 Å². The van der Waals surface area contributed by atoms with Gasteiger partial charge in [0.15, 0.2) is 6.04 Å². The summed E-state index contributed by atoms with van der Waals surface area (Å²) in [6.07, 6.45) is 4.53. The fourth-order valence-corrected chi connectivity index (χ4v) is 4.68. The van der Waals surface area contributed by atoms with Gasteiger partial charge in [-0.05, 0) is 65.6 Å². The van der Waals surface area contributed by atoms with E-state index in [4.69, 9.17) is 0 Å². The lowest BCUT2D eigenvalue weighted by Crippen LogP contribution is -2.24. The monoisotopic (exact) mass is 468 g/mol. The van der Waals surface area contributed by atoms with Crippen LogP contribution < -0.4 is 0 Å². The van der Waals surface area contributed by atoms with E-state index in [0.717, 1.165) is 48.6 Å². The van der Waals surface area contributed by atoms with Gasteiger partial charge in [-0.25, -0.2) is 9.48 Å². The number of aryl methyl sites for hydroxylation is 2. The number of unbranched alkanes of at least 4 members (excludes halogenated alkanes) is 1. The van der Waals surface area contributed by atoms with Crippen molar-refractivity contribution in [3.05, 3.63) is 71.3 Å². The van der Waals surface area contributed by atoms with E-state index in [0.29, 0.717) is 6.42 Å². The SMILES string of the molecule is CCC(C(=O)O)n1nnnc1SC(Cc1ccccc1CCCCc1ccccc1)C(=O)O. The first kappa shape index (κ1) is 24.4. The fraction of sp³-hybridized carbons (Fsp3) is 0.375. The molecule has 0 aliphatic rings. The number of carboxylic acids is 2. The van der Waals surface area contributed by atoms with Crippen LogP contribution in [0, 0.1) is 0 Å². The summed E-state index contributed by atoms with van der Waals surface area (Å²) in [7, 11) is 0. The lowest BCUT2D eigenvalue weighted by Gasteiger charge is -2.16. The summed E-state index contributed by atoms with van der Waals surface area (Å²) in [4.78, 5) is 23.5. The second-order valence-corrected chi connectivity index (χ2v) is 8.95. The minimum Gasteiger partial charge on any atom is -0.480 e. The smallest absolute Gasteiger partial charge is 0.328 e. The number of hydrogen-bond donors (Lipinski definition) is 2. The Balaban J connectivity index is 1.66. The van der Waals surface area contributed by atoms with Crippen LogP contribution in [0.3, 0.4) is 0 Å². The Morgan fingerprint density at radius 2 is 1.61 bits per heavy atom. The third-order valence-corrected chi connectivity index (χ3v) is 6.61. The second-order valence-electron chi connectivity index (χ2n) is 7.78. The van der Waals surface area contributed by atoms with Gasteiger partial charge in [0.25, 0.3) is 0 Å². The molecule has 1 heterocycles. The highest BCUT2D eigenvalue weighted by Crippen LogP contribution is 2.28. The molecule has 0 aliphatic heterocycles. The molecule has 33 heavy (non-hydrogen) atoms. The van der Waals surface area contributed by atoms with Crippen molar-refractivity contribution in [3.8, 4) is 0 Å². The van der Waals surface area contributed by atoms with Gasteiger partial charge in [-0.3, -0.25) is 4.79 Å². The van der Waals surface area contributed by atoms with Crippen molar-refractivity contribution in [2.24, 2.45) is 0 Å². The Kier molecular flexibility index (Phi) is 9.00. The van der Waals surface area contributed by atoms with Gasteiger partial charge in [0.05, 0.1) is 0 Å². The van der Waals surface area contributed by atoms with Crippen LogP contribution in [0.1, 0.15) is 48.9 Å². The Bertz CT molecular complexity index is 1060. The van der Waals surface area contributed by atoms with E-state index in [9.17, 15) is 19.8 Å². The van der Waals surface area contributed by atoms with Crippen LogP contribution in [0.15, 0.2) is 59.8 Å². The zero-order valence-corrected chi connectivity index (χ0v) is 19.3. The van der Waals surface area contributed by atoms with E-state index < -0.39 is 23.2 Å². The van der Waals surface area contributed by atoms with Crippen molar-refractivity contribution in [2.45, 2.75) is 61.9 Å². The Hall–Kier alpha value is -3.20. The number of carboxylic acid groups (broad SMARTS) is 2. The van der Waals surface area contributed by atoms with Crippen LogP contribution in [0.2, 0.25) is 0 Å². The molecule has 3 rings (SSSR count). The molecule has 0 saturated heterocycles. The Labute approximate surface area is 197 Å². The van der Waals surface area contributed by atoms with Crippen molar-refractivity contribution in [2.75, 3.05) is 0 Å². The van der Waals surface area contributed by atoms with Gasteiger partial charge < -0.3 is 10.2 Å². The number of tetrazole rings is 1. The van der Waals surface area contributed by atoms with Crippen LogP contribution in [-0.4, -0.2) is 47.6 Å². The van der Waals surface area contributed by atoms with Crippen LogP contribution >= 0.6 is 11.8 Å². The molecule has 3 aromatic rings. The maximum atomic E-state index is 12.0. The van der Waals surface area contributed by atoms with E-state index in [-0.39, 0.29) is 11.6 Å². The maximum absolute atomic E-state index is 12.0. The molecule has 0 saturated carbocycles. The van der Waals surface area contributed by atoms with Crippen LogP contribution in [-0.2, 0) is 28.9 Å². The molecule has 0 radical (unpaired) electrons. The summed E-state index contributed by atoms with van der Waals surface area (Å²) in [5, 5.41) is 29.8. The van der Waals surface area contributed by atoms with Crippen molar-refractivity contribution in [3.63, 3.8) is 0 Å². The molecule has 2 N–H and O–H groups in total. The Morgan fingerprint density at radius 1 is 0.939 bits per heavy atom. The number of hydrogen-bond acceptors (Lipinski definition) is 6. The highest BCUT2D eigenvalue weighted by Gasteiger charge is 2.28. The number of rotatable bonds is 13. The number of aromatic nitrogens is 4. The highest BCUT2D eigenvalue weighted by molar-refractivity contribution is 8.00. The topological polar surface area (TPSA) is 118 Å². The molecule has 1 aromatic heterocycles. The molecular weight excluding hydrogens is 440 g/mol. The van der Waals surface area contributed by atoms with E-state index in [1.807, 2.05) is 42.5 Å². The fourth-order valence-electron chi connectivity index (χ4n) is 3.71. The minimum absolute atomic E-state index is 0.192. The largest absolute Gasteiger partial charge is 0.480 e. The minimum atomic E-state index is -1.06. The van der Waals surface area contributed by atoms with E-state index in [1.54, 1.807) is 6.92 Å². The van der Waals surface area contributed by atoms with Crippen LogP contribution in [0.4, 0.5) is 0 Å². The number of benzene rings is 2. The summed E-state index contributed by atoms with van der Waals surface area (Å²) in [5.41, 5.74) is 3.42. The molecular formula is C24H28N4O4S. The van der Waals surface area contributed by atoms with Crippen LogP contribution in [0.5, 0.6) is 0 Å². The molecule has 0 amide bonds. The molecule has 174 valence electrons. The highest BCUT2D eigenvalue weighted by atomic mass is 32.2. The third kappa shape index (κ3) is 6.89. The lowest BCUT2D eigenvalue weighted by molar-refractivity contribution is -0.141. The average Bonchev–Trinajstić information content (AvgIpc) is 3.26. The molecule has 0 bridgehead atoms. The summed E-state index contributed by atoms with van der Waals surface area (Å²) in [5.74, 6) is -2.05. The third-order valence-electron chi connectivity index (χ3n) is 5.48. The van der Waals surface area contributed by atoms with Gasteiger partial charge in [0, 0.05) is 0 Å². The predicted octanol–water partition coefficient (Wildman–Crippen LogP) is 4.06. The van der Waals surface area contributed by atoms with Gasteiger partial charge >= 0.3 is 11.9 Å². The van der Waals surface area contributed by atoms with Gasteiger partial charge in [-0.15, -0.1) is 5.10 Å². The first-order valence-electron chi connectivity index (χ1n) is 11.0. The molecule has 2 aromatic carbocycles. The second kappa shape index (κ2) is 12.2. The summed E-state index contributed by atoms with van der Waals surface area (Å²) in [6, 6.07) is 17.3. The predicted molar refractivity (Wildman–Crippen MR) is 125 cm³/mol. The molecule has 2 atom stereocenters. The molecule has 0 aliphatic carbocycles. The van der Waals surface area contributed by atoms with Crippen molar-refractivity contribution in [1.29, 1.82) is 0 Å². The Morgan fingerprint density at radius 3 is 2.27 bits per heavy atom. The number of thioether (sulfide) groups is 1. The van der Waals surface area contributed by atoms with E-state index in [1.165, 1.54) is 10.2 Å². The molecule has 0 fully saturated rings. The van der Waals surface area contributed by atoms with Crippen molar-refractivity contribution >= 4 is 23.7 Å². The molecule has 9 heteroatoms. The van der Waals surface area contributed by atoms with E-state index in [2.05, 4.69) is 27.7 Å². The summed E-state index contributed by atoms with van der Waals surface area (Å²) in [6.45, 7) is 1.72. The van der Waals surface area contributed by atoms with Gasteiger partial charge in [0.1, 0.15) is 5.25 Å². The first-order valence-corrected chi connectivity index (χ1v) is 11.9. The van der Waals surface area contributed by atoms with Gasteiger partial charge in [-0.1, -0.05) is 73.3 Å². The number of aliphatic carboxylic acids is 2. The average molecular weight is 469 g/mol. The van der Waals surface area contributed by atoms with Crippen molar-refractivity contribution in [1.82, 2.24) is 20.2 Å². The van der Waals surface area contributed by atoms with Crippen LogP contribution in [0.25, 0.3) is 0 Å². The zero-order chi connectivity index (χ0) is 23.6. The van der Waals surface area contributed by atoms with E-state index >= 15 is 0 Å². The standard InChI is InChI=1S/C24H28N4O4S/c1-2-20(22(29)30)28-24(25-26-27-28)33-21(23(31)32)16-19-15-9-8-14-18(19)13-7-6-12-17-10-4-3-5-11-17/h3-5,8-11,14-15,20-21H,2,6-7,12-13,16H2,1H3,(H,29,30)(H,31,32). The molecule has 0 spiro atoms. The zero-order valence-electron chi connectivity index (χ0n) is 18.5. The van der Waals surface area contributed by atoms with Gasteiger partial charge in [-0.2, -0.15) is 0 Å². The quantitative estimate of drug-likeness (QED) is 0.285.